The molecule has 1 heterocycles. The number of nitrogens with one attached hydrogen (secondary N) is 1. The Kier molecular flexibility index (Phi) is 7.51. The number of ether oxygens (including phenoxy) is 1. The van der Waals surface area contributed by atoms with Gasteiger partial charge >= 0.3 is 0 Å². The van der Waals surface area contributed by atoms with Gasteiger partial charge in [0, 0.05) is 13.7 Å². The maximum atomic E-state index is 6.34. The topological polar surface area (TPSA) is 42.3 Å². The predicted octanol–water partition coefficient (Wildman–Crippen LogP) is 2.17. The van der Waals surface area contributed by atoms with Gasteiger partial charge < -0.3 is 15.0 Å². The zero-order valence-corrected chi connectivity index (χ0v) is 13.9. The van der Waals surface area contributed by atoms with Gasteiger partial charge in [0.15, 0.2) is 0 Å². The SMILES string of the molecule is CCNC(CC(C)OC)c1c(Cl)cnn1CCN(C)C. The molecule has 0 aromatic carbocycles. The first kappa shape index (κ1) is 17.4. The van der Waals surface area contributed by atoms with Gasteiger partial charge in [0.05, 0.1) is 35.6 Å². The summed E-state index contributed by atoms with van der Waals surface area (Å²) in [5.41, 5.74) is 1.05. The fourth-order valence-electron chi connectivity index (χ4n) is 2.16. The molecule has 0 saturated heterocycles. The molecule has 1 rings (SSSR count). The maximum absolute atomic E-state index is 6.34. The highest BCUT2D eigenvalue weighted by Gasteiger charge is 2.21. The summed E-state index contributed by atoms with van der Waals surface area (Å²) in [6.07, 6.45) is 2.78. The summed E-state index contributed by atoms with van der Waals surface area (Å²) in [7, 11) is 5.84. The minimum Gasteiger partial charge on any atom is -0.382 e. The summed E-state index contributed by atoms with van der Waals surface area (Å²) in [6.45, 7) is 6.82. The Morgan fingerprint density at radius 2 is 2.20 bits per heavy atom. The van der Waals surface area contributed by atoms with Gasteiger partial charge in [0.2, 0.25) is 0 Å². The van der Waals surface area contributed by atoms with Crippen molar-refractivity contribution in [3.63, 3.8) is 0 Å². The molecule has 1 aromatic rings. The zero-order valence-electron chi connectivity index (χ0n) is 13.2. The molecule has 2 atom stereocenters. The van der Waals surface area contributed by atoms with E-state index in [4.69, 9.17) is 16.3 Å². The Morgan fingerprint density at radius 3 is 2.75 bits per heavy atom. The average molecular weight is 303 g/mol. The number of hydrogen-bond donors (Lipinski definition) is 1. The smallest absolute Gasteiger partial charge is 0.0834 e. The van der Waals surface area contributed by atoms with Crippen LogP contribution in [0, 0.1) is 0 Å². The van der Waals surface area contributed by atoms with Crippen LogP contribution < -0.4 is 5.32 Å². The van der Waals surface area contributed by atoms with Gasteiger partial charge in [-0.05, 0) is 34.0 Å². The van der Waals surface area contributed by atoms with E-state index in [-0.39, 0.29) is 12.1 Å². The predicted molar refractivity (Wildman–Crippen MR) is 83.3 cm³/mol. The number of nitrogens with zero attached hydrogens (tertiary/aromatic N) is 3. The molecule has 0 fully saturated rings. The molecule has 0 spiro atoms. The first-order valence-electron chi connectivity index (χ1n) is 7.11. The van der Waals surface area contributed by atoms with Crippen molar-refractivity contribution >= 4 is 11.6 Å². The van der Waals surface area contributed by atoms with Crippen molar-refractivity contribution in [1.29, 1.82) is 0 Å². The van der Waals surface area contributed by atoms with E-state index in [1.165, 1.54) is 0 Å². The highest BCUT2D eigenvalue weighted by atomic mass is 35.5. The van der Waals surface area contributed by atoms with Gasteiger partial charge in [0.1, 0.15) is 0 Å². The number of aromatic nitrogens is 2. The molecule has 1 N–H and O–H groups in total. The molecule has 0 bridgehead atoms. The fraction of sp³-hybridized carbons (Fsp3) is 0.786. The number of halogens is 1. The Hall–Kier alpha value is -0.620. The Bertz CT molecular complexity index is 395. The lowest BCUT2D eigenvalue weighted by Gasteiger charge is -2.23. The highest BCUT2D eigenvalue weighted by Crippen LogP contribution is 2.26. The third-order valence-electron chi connectivity index (χ3n) is 3.34. The minimum atomic E-state index is 0.159. The Morgan fingerprint density at radius 1 is 1.50 bits per heavy atom. The molecule has 20 heavy (non-hydrogen) atoms. The second-order valence-electron chi connectivity index (χ2n) is 5.30. The van der Waals surface area contributed by atoms with Gasteiger partial charge in [-0.1, -0.05) is 18.5 Å². The molecular formula is C14H27ClN4O. The van der Waals surface area contributed by atoms with E-state index in [1.54, 1.807) is 13.3 Å². The van der Waals surface area contributed by atoms with E-state index < -0.39 is 0 Å². The number of rotatable bonds is 9. The van der Waals surface area contributed by atoms with Crippen molar-refractivity contribution < 1.29 is 4.74 Å². The molecule has 5 nitrogen and oxygen atoms in total. The van der Waals surface area contributed by atoms with E-state index in [0.717, 1.165) is 36.8 Å². The molecule has 0 saturated carbocycles. The summed E-state index contributed by atoms with van der Waals surface area (Å²) in [6, 6.07) is 0.159. The van der Waals surface area contributed by atoms with Crippen LogP contribution in [0.15, 0.2) is 6.20 Å². The van der Waals surface area contributed by atoms with Crippen LogP contribution in [0.5, 0.6) is 0 Å². The van der Waals surface area contributed by atoms with Crippen LogP contribution in [-0.2, 0) is 11.3 Å². The van der Waals surface area contributed by atoms with Gasteiger partial charge in [0.25, 0.3) is 0 Å². The van der Waals surface area contributed by atoms with E-state index in [9.17, 15) is 0 Å². The lowest BCUT2D eigenvalue weighted by atomic mass is 10.1. The second kappa shape index (κ2) is 8.62. The highest BCUT2D eigenvalue weighted by molar-refractivity contribution is 6.31. The van der Waals surface area contributed by atoms with Crippen LogP contribution in [0.4, 0.5) is 0 Å². The quantitative estimate of drug-likeness (QED) is 0.759. The molecule has 1 aromatic heterocycles. The van der Waals surface area contributed by atoms with Crippen LogP contribution >= 0.6 is 11.6 Å². The molecule has 116 valence electrons. The summed E-state index contributed by atoms with van der Waals surface area (Å²) in [4.78, 5) is 2.14. The van der Waals surface area contributed by atoms with E-state index >= 15 is 0 Å². The van der Waals surface area contributed by atoms with Crippen molar-refractivity contribution in [3.05, 3.63) is 16.9 Å². The summed E-state index contributed by atoms with van der Waals surface area (Å²) < 4.78 is 7.38. The van der Waals surface area contributed by atoms with Gasteiger partial charge in [-0.25, -0.2) is 0 Å². The zero-order chi connectivity index (χ0) is 15.1. The normalized spacial score (nSPS) is 14.8. The van der Waals surface area contributed by atoms with Crippen molar-refractivity contribution in [2.75, 3.05) is 34.3 Å². The Balaban J connectivity index is 2.90. The molecule has 0 aliphatic heterocycles. The first-order chi connectivity index (χ1) is 9.49. The third-order valence-corrected chi connectivity index (χ3v) is 3.63. The Labute approximate surface area is 127 Å². The fourth-order valence-corrected chi connectivity index (χ4v) is 2.43. The van der Waals surface area contributed by atoms with Crippen molar-refractivity contribution in [2.24, 2.45) is 0 Å². The molecule has 0 aliphatic rings. The van der Waals surface area contributed by atoms with E-state index in [0.29, 0.717) is 0 Å². The monoisotopic (exact) mass is 302 g/mol. The van der Waals surface area contributed by atoms with Crippen LogP contribution in [0.25, 0.3) is 0 Å². The van der Waals surface area contributed by atoms with Gasteiger partial charge in [-0.2, -0.15) is 5.10 Å². The molecule has 2 unspecified atom stereocenters. The molecule has 6 heteroatoms. The minimum absolute atomic E-state index is 0.159. The van der Waals surface area contributed by atoms with Crippen LogP contribution in [0.3, 0.4) is 0 Å². The third kappa shape index (κ3) is 5.05. The first-order valence-corrected chi connectivity index (χ1v) is 7.49. The van der Waals surface area contributed by atoms with E-state index in [1.807, 2.05) is 4.68 Å². The lowest BCUT2D eigenvalue weighted by molar-refractivity contribution is 0.0994. The summed E-state index contributed by atoms with van der Waals surface area (Å²) in [5, 5.41) is 8.60. The molecule has 0 amide bonds. The van der Waals surface area contributed by atoms with Crippen LogP contribution in [-0.4, -0.2) is 55.1 Å². The number of hydrogen-bond acceptors (Lipinski definition) is 4. The van der Waals surface area contributed by atoms with Crippen molar-refractivity contribution in [2.45, 2.75) is 39.0 Å². The van der Waals surface area contributed by atoms with Crippen molar-refractivity contribution in [1.82, 2.24) is 20.0 Å². The second-order valence-corrected chi connectivity index (χ2v) is 5.70. The number of methoxy groups -OCH3 is 1. The van der Waals surface area contributed by atoms with Crippen LogP contribution in [0.1, 0.15) is 32.0 Å². The summed E-state index contributed by atoms with van der Waals surface area (Å²) >= 11 is 6.34. The lowest BCUT2D eigenvalue weighted by Crippen LogP contribution is -2.29. The largest absolute Gasteiger partial charge is 0.382 e. The van der Waals surface area contributed by atoms with Crippen LogP contribution in [0.2, 0.25) is 5.02 Å². The molecule has 0 aliphatic carbocycles. The van der Waals surface area contributed by atoms with Gasteiger partial charge in [-0.3, -0.25) is 4.68 Å². The van der Waals surface area contributed by atoms with E-state index in [2.05, 4.69) is 43.3 Å². The van der Waals surface area contributed by atoms with Crippen molar-refractivity contribution in [3.8, 4) is 0 Å². The van der Waals surface area contributed by atoms with Gasteiger partial charge in [-0.15, -0.1) is 0 Å². The summed E-state index contributed by atoms with van der Waals surface area (Å²) in [5.74, 6) is 0. The average Bonchev–Trinajstić information content (AvgIpc) is 2.76. The molecule has 0 radical (unpaired) electrons. The standard InChI is InChI=1S/C14H27ClN4O/c1-6-16-13(9-11(2)20-5)14-12(15)10-17-19(14)8-7-18(3)4/h10-11,13,16H,6-9H2,1-5H3. The maximum Gasteiger partial charge on any atom is 0.0834 e. The number of likely N-dealkylation sites (N-methyl/N-ethyl adjacent to an activating group) is 1. The molecular weight excluding hydrogens is 276 g/mol.